The number of rotatable bonds is 3. The molecule has 0 saturated carbocycles. The van der Waals surface area contributed by atoms with Crippen LogP contribution in [-0.4, -0.2) is 36.8 Å². The van der Waals surface area contributed by atoms with Gasteiger partial charge >= 0.3 is 0 Å². The summed E-state index contributed by atoms with van der Waals surface area (Å²) in [5.74, 6) is -0.128. The molecule has 16 heavy (non-hydrogen) atoms. The van der Waals surface area contributed by atoms with Gasteiger partial charge in [0.1, 0.15) is 0 Å². The Morgan fingerprint density at radius 1 is 1.44 bits per heavy atom. The highest BCUT2D eigenvalue weighted by molar-refractivity contribution is 5.80. The third kappa shape index (κ3) is 3.01. The quantitative estimate of drug-likeness (QED) is 0.788. The Kier molecular flexibility index (Phi) is 3.85. The Balaban J connectivity index is 1.79. The Bertz CT molecular complexity index is 336. The van der Waals surface area contributed by atoms with Gasteiger partial charge in [-0.15, -0.1) is 0 Å². The zero-order valence-corrected chi connectivity index (χ0v) is 8.89. The summed E-state index contributed by atoms with van der Waals surface area (Å²) in [4.78, 5) is 15.5. The van der Waals surface area contributed by atoms with E-state index < -0.39 is 6.10 Å². The van der Waals surface area contributed by atoms with Gasteiger partial charge in [-0.2, -0.15) is 0 Å². The molecule has 0 spiro atoms. The average Bonchev–Trinajstić information content (AvgIpc) is 2.38. The maximum Gasteiger partial charge on any atom is 0.251 e. The number of aromatic nitrogens is 1. The van der Waals surface area contributed by atoms with E-state index in [1.54, 1.807) is 12.4 Å². The van der Waals surface area contributed by atoms with E-state index in [4.69, 9.17) is 9.47 Å². The van der Waals surface area contributed by atoms with Crippen molar-refractivity contribution in [2.45, 2.75) is 12.6 Å². The van der Waals surface area contributed by atoms with Gasteiger partial charge in [-0.3, -0.25) is 9.78 Å². The second kappa shape index (κ2) is 5.58. The third-order valence-electron chi connectivity index (χ3n) is 2.32. The van der Waals surface area contributed by atoms with Gasteiger partial charge in [-0.25, -0.2) is 0 Å². The van der Waals surface area contributed by atoms with E-state index in [1.807, 2.05) is 12.1 Å². The van der Waals surface area contributed by atoms with Crippen LogP contribution in [0.1, 0.15) is 5.56 Å². The first-order chi connectivity index (χ1) is 7.86. The fourth-order valence-corrected chi connectivity index (χ4v) is 1.44. The van der Waals surface area contributed by atoms with Gasteiger partial charge < -0.3 is 14.8 Å². The van der Waals surface area contributed by atoms with E-state index in [1.165, 1.54) is 0 Å². The number of nitrogens with zero attached hydrogens (tertiary/aromatic N) is 1. The van der Waals surface area contributed by atoms with E-state index in [0.29, 0.717) is 26.4 Å². The minimum absolute atomic E-state index is 0.128. The number of hydrogen-bond donors (Lipinski definition) is 1. The first kappa shape index (κ1) is 11.0. The van der Waals surface area contributed by atoms with Gasteiger partial charge in [0.2, 0.25) is 0 Å². The molecule has 2 rings (SSSR count). The molecule has 0 bridgehead atoms. The summed E-state index contributed by atoms with van der Waals surface area (Å²) in [5, 5.41) is 2.80. The van der Waals surface area contributed by atoms with Crippen LogP contribution in [0, 0.1) is 0 Å². The molecule has 2 heterocycles. The van der Waals surface area contributed by atoms with Gasteiger partial charge in [0.05, 0.1) is 19.8 Å². The van der Waals surface area contributed by atoms with Crippen molar-refractivity contribution in [2.24, 2.45) is 0 Å². The van der Waals surface area contributed by atoms with Crippen molar-refractivity contribution in [3.63, 3.8) is 0 Å². The second-order valence-electron chi connectivity index (χ2n) is 3.51. The monoisotopic (exact) mass is 222 g/mol. The maximum absolute atomic E-state index is 11.6. The SMILES string of the molecule is O=C(NCc1ccncc1)[C@@H]1COCCO1. The van der Waals surface area contributed by atoms with Crippen LogP contribution in [0.4, 0.5) is 0 Å². The number of carbonyl (C=O) groups is 1. The van der Waals surface area contributed by atoms with Crippen molar-refractivity contribution in [2.75, 3.05) is 19.8 Å². The topological polar surface area (TPSA) is 60.5 Å². The van der Waals surface area contributed by atoms with Crippen molar-refractivity contribution in [1.82, 2.24) is 10.3 Å². The standard InChI is InChI=1S/C11H14N2O3/c14-11(10-8-15-5-6-16-10)13-7-9-1-3-12-4-2-9/h1-4,10H,5-8H2,(H,13,14)/t10-/m0/s1. The summed E-state index contributed by atoms with van der Waals surface area (Å²) in [6.45, 7) is 1.87. The second-order valence-corrected chi connectivity index (χ2v) is 3.51. The molecule has 1 saturated heterocycles. The van der Waals surface area contributed by atoms with Gasteiger partial charge in [0.15, 0.2) is 6.10 Å². The van der Waals surface area contributed by atoms with Crippen molar-refractivity contribution < 1.29 is 14.3 Å². The van der Waals surface area contributed by atoms with Gasteiger partial charge in [0.25, 0.3) is 5.91 Å². The van der Waals surface area contributed by atoms with Crippen LogP contribution in [0.25, 0.3) is 0 Å². The first-order valence-corrected chi connectivity index (χ1v) is 5.22. The van der Waals surface area contributed by atoms with Crippen molar-refractivity contribution in [3.05, 3.63) is 30.1 Å². The molecule has 86 valence electrons. The molecule has 1 aromatic rings. The Hall–Kier alpha value is -1.46. The van der Waals surface area contributed by atoms with E-state index in [-0.39, 0.29) is 5.91 Å². The minimum Gasteiger partial charge on any atom is -0.376 e. The summed E-state index contributed by atoms with van der Waals surface area (Å²) >= 11 is 0. The summed E-state index contributed by atoms with van der Waals surface area (Å²) in [6, 6.07) is 3.72. The normalized spacial score (nSPS) is 20.4. The number of ether oxygens (including phenoxy) is 2. The summed E-state index contributed by atoms with van der Waals surface area (Å²) < 4.78 is 10.4. The van der Waals surface area contributed by atoms with Crippen LogP contribution in [0.2, 0.25) is 0 Å². The van der Waals surface area contributed by atoms with Crippen LogP contribution in [-0.2, 0) is 20.8 Å². The van der Waals surface area contributed by atoms with Crippen LogP contribution in [0.3, 0.4) is 0 Å². The molecule has 1 fully saturated rings. The van der Waals surface area contributed by atoms with Gasteiger partial charge in [-0.1, -0.05) is 0 Å². The Morgan fingerprint density at radius 3 is 2.94 bits per heavy atom. The number of carbonyl (C=O) groups excluding carboxylic acids is 1. The lowest BCUT2D eigenvalue weighted by Crippen LogP contribution is -2.42. The molecule has 0 aliphatic carbocycles. The highest BCUT2D eigenvalue weighted by Gasteiger charge is 2.21. The van der Waals surface area contributed by atoms with Crippen LogP contribution >= 0.6 is 0 Å². The van der Waals surface area contributed by atoms with Crippen molar-refractivity contribution in [1.29, 1.82) is 0 Å². The van der Waals surface area contributed by atoms with Crippen molar-refractivity contribution in [3.8, 4) is 0 Å². The minimum atomic E-state index is -0.476. The predicted molar refractivity (Wildman–Crippen MR) is 56.6 cm³/mol. The van der Waals surface area contributed by atoms with Gasteiger partial charge in [-0.05, 0) is 17.7 Å². The highest BCUT2D eigenvalue weighted by Crippen LogP contribution is 2.01. The van der Waals surface area contributed by atoms with E-state index >= 15 is 0 Å². The third-order valence-corrected chi connectivity index (χ3v) is 2.32. The lowest BCUT2D eigenvalue weighted by molar-refractivity contribution is -0.147. The molecule has 1 aromatic heterocycles. The molecule has 0 radical (unpaired) electrons. The van der Waals surface area contributed by atoms with Gasteiger partial charge in [0, 0.05) is 18.9 Å². The van der Waals surface area contributed by atoms with E-state index in [9.17, 15) is 4.79 Å². The molecule has 1 amide bonds. The summed E-state index contributed by atoms with van der Waals surface area (Å²) in [7, 11) is 0. The maximum atomic E-state index is 11.6. The molecular weight excluding hydrogens is 208 g/mol. The van der Waals surface area contributed by atoms with E-state index in [0.717, 1.165) is 5.56 Å². The molecule has 0 unspecified atom stereocenters. The zero-order chi connectivity index (χ0) is 11.2. The first-order valence-electron chi connectivity index (χ1n) is 5.22. The molecular formula is C11H14N2O3. The molecule has 0 aromatic carbocycles. The molecule has 1 aliphatic heterocycles. The lowest BCUT2D eigenvalue weighted by atomic mass is 10.2. The number of nitrogens with one attached hydrogen (secondary N) is 1. The number of pyridine rings is 1. The summed E-state index contributed by atoms with van der Waals surface area (Å²) in [5.41, 5.74) is 1.01. The van der Waals surface area contributed by atoms with Crippen LogP contribution in [0.15, 0.2) is 24.5 Å². The molecule has 1 atom stereocenters. The fourth-order valence-electron chi connectivity index (χ4n) is 1.44. The summed E-state index contributed by atoms with van der Waals surface area (Å²) in [6.07, 6.45) is 2.92. The van der Waals surface area contributed by atoms with Crippen LogP contribution < -0.4 is 5.32 Å². The smallest absolute Gasteiger partial charge is 0.251 e. The Labute approximate surface area is 93.8 Å². The zero-order valence-electron chi connectivity index (χ0n) is 8.89. The van der Waals surface area contributed by atoms with Crippen molar-refractivity contribution >= 4 is 5.91 Å². The predicted octanol–water partition coefficient (Wildman–Crippen LogP) is 0.113. The fraction of sp³-hybridized carbons (Fsp3) is 0.455. The largest absolute Gasteiger partial charge is 0.376 e. The molecule has 5 heteroatoms. The molecule has 1 aliphatic rings. The number of amides is 1. The highest BCUT2D eigenvalue weighted by atomic mass is 16.6. The molecule has 1 N–H and O–H groups in total. The lowest BCUT2D eigenvalue weighted by Gasteiger charge is -2.21. The Morgan fingerprint density at radius 2 is 2.25 bits per heavy atom. The average molecular weight is 222 g/mol. The number of hydrogen-bond acceptors (Lipinski definition) is 4. The van der Waals surface area contributed by atoms with E-state index in [2.05, 4.69) is 10.3 Å². The molecule has 5 nitrogen and oxygen atoms in total. The van der Waals surface area contributed by atoms with Crippen LogP contribution in [0.5, 0.6) is 0 Å².